The summed E-state index contributed by atoms with van der Waals surface area (Å²) in [5, 5.41) is 0.156. The zero-order valence-corrected chi connectivity index (χ0v) is 9.90. The van der Waals surface area contributed by atoms with Crippen LogP contribution in [0.2, 0.25) is 0 Å². The molecule has 2 rings (SSSR count). The van der Waals surface area contributed by atoms with Crippen molar-refractivity contribution < 1.29 is 13.2 Å². The fraction of sp³-hybridized carbons (Fsp3) is 0.667. The van der Waals surface area contributed by atoms with E-state index < -0.39 is 10.0 Å². The maximum Gasteiger partial charge on any atom is 0.260 e. The SMILES string of the molecule is COC1CCN(S(=O)(=O)c2cnc[nH]2)CC1. The Bertz CT molecular complexity index is 421. The molecule has 0 saturated carbocycles. The lowest BCUT2D eigenvalue weighted by molar-refractivity contribution is 0.0604. The van der Waals surface area contributed by atoms with E-state index >= 15 is 0 Å². The predicted molar refractivity (Wildman–Crippen MR) is 57.4 cm³/mol. The molecule has 16 heavy (non-hydrogen) atoms. The number of nitrogens with zero attached hydrogens (tertiary/aromatic N) is 2. The first kappa shape index (κ1) is 11.6. The summed E-state index contributed by atoms with van der Waals surface area (Å²) in [5.41, 5.74) is 0. The summed E-state index contributed by atoms with van der Waals surface area (Å²) in [6.07, 6.45) is 4.36. The first-order chi connectivity index (χ1) is 7.64. The van der Waals surface area contributed by atoms with Gasteiger partial charge >= 0.3 is 0 Å². The molecule has 2 heterocycles. The van der Waals surface area contributed by atoms with Crippen molar-refractivity contribution in [1.29, 1.82) is 0 Å². The average molecular weight is 245 g/mol. The summed E-state index contributed by atoms with van der Waals surface area (Å²) >= 11 is 0. The Morgan fingerprint density at radius 2 is 2.19 bits per heavy atom. The molecular formula is C9H15N3O3S. The highest BCUT2D eigenvalue weighted by molar-refractivity contribution is 7.89. The summed E-state index contributed by atoms with van der Waals surface area (Å²) in [6, 6.07) is 0. The molecule has 1 aliphatic heterocycles. The molecule has 0 aromatic carbocycles. The van der Waals surface area contributed by atoms with E-state index in [0.717, 1.165) is 12.8 Å². The fourth-order valence-corrected chi connectivity index (χ4v) is 3.20. The monoisotopic (exact) mass is 245 g/mol. The maximum absolute atomic E-state index is 12.1. The van der Waals surface area contributed by atoms with Crippen molar-refractivity contribution in [3.63, 3.8) is 0 Å². The van der Waals surface area contributed by atoms with Crippen LogP contribution < -0.4 is 0 Å². The summed E-state index contributed by atoms with van der Waals surface area (Å²) in [6.45, 7) is 1.000. The number of aromatic nitrogens is 2. The number of nitrogens with one attached hydrogen (secondary N) is 1. The molecule has 90 valence electrons. The molecule has 1 fully saturated rings. The number of rotatable bonds is 3. The number of methoxy groups -OCH3 is 1. The zero-order chi connectivity index (χ0) is 11.6. The summed E-state index contributed by atoms with van der Waals surface area (Å²) < 4.78 is 30.8. The van der Waals surface area contributed by atoms with Crippen LogP contribution in [-0.4, -0.2) is 49.0 Å². The fourth-order valence-electron chi connectivity index (χ4n) is 1.83. The van der Waals surface area contributed by atoms with Gasteiger partial charge in [-0.05, 0) is 12.8 Å². The second-order valence-electron chi connectivity index (χ2n) is 3.76. The van der Waals surface area contributed by atoms with E-state index in [1.807, 2.05) is 0 Å². The molecule has 0 atom stereocenters. The Balaban J connectivity index is 2.09. The van der Waals surface area contributed by atoms with Gasteiger partial charge in [-0.2, -0.15) is 4.31 Å². The van der Waals surface area contributed by atoms with Gasteiger partial charge in [-0.25, -0.2) is 13.4 Å². The van der Waals surface area contributed by atoms with Gasteiger partial charge in [-0.15, -0.1) is 0 Å². The van der Waals surface area contributed by atoms with Gasteiger partial charge in [-0.3, -0.25) is 0 Å². The van der Waals surface area contributed by atoms with E-state index in [1.54, 1.807) is 7.11 Å². The predicted octanol–water partition coefficient (Wildman–Crippen LogP) is 0.209. The summed E-state index contributed by atoms with van der Waals surface area (Å²) in [4.78, 5) is 6.36. The van der Waals surface area contributed by atoms with E-state index in [1.165, 1.54) is 16.8 Å². The van der Waals surface area contributed by atoms with Crippen LogP contribution in [0.1, 0.15) is 12.8 Å². The van der Waals surface area contributed by atoms with Crippen LogP contribution in [0.3, 0.4) is 0 Å². The smallest absolute Gasteiger partial charge is 0.260 e. The molecule has 0 bridgehead atoms. The van der Waals surface area contributed by atoms with Crippen LogP contribution in [0.15, 0.2) is 17.6 Å². The topological polar surface area (TPSA) is 75.3 Å². The highest BCUT2D eigenvalue weighted by Crippen LogP contribution is 2.19. The van der Waals surface area contributed by atoms with E-state index in [9.17, 15) is 8.42 Å². The zero-order valence-electron chi connectivity index (χ0n) is 9.09. The highest BCUT2D eigenvalue weighted by atomic mass is 32.2. The molecule has 1 aromatic rings. The van der Waals surface area contributed by atoms with Gasteiger partial charge in [0, 0.05) is 20.2 Å². The molecule has 7 heteroatoms. The lowest BCUT2D eigenvalue weighted by Gasteiger charge is -2.29. The van der Waals surface area contributed by atoms with Crippen molar-refractivity contribution in [2.24, 2.45) is 0 Å². The van der Waals surface area contributed by atoms with Crippen molar-refractivity contribution >= 4 is 10.0 Å². The van der Waals surface area contributed by atoms with Gasteiger partial charge in [0.05, 0.1) is 18.6 Å². The Hall–Kier alpha value is -0.920. The minimum atomic E-state index is -3.39. The van der Waals surface area contributed by atoms with Crippen molar-refractivity contribution in [3.05, 3.63) is 12.5 Å². The minimum Gasteiger partial charge on any atom is -0.381 e. The molecular weight excluding hydrogens is 230 g/mol. The second-order valence-corrected chi connectivity index (χ2v) is 5.66. The van der Waals surface area contributed by atoms with Crippen molar-refractivity contribution in [1.82, 2.24) is 14.3 Å². The highest BCUT2D eigenvalue weighted by Gasteiger charge is 2.30. The number of hydrogen-bond acceptors (Lipinski definition) is 4. The molecule has 1 N–H and O–H groups in total. The number of imidazole rings is 1. The third kappa shape index (κ3) is 2.11. The van der Waals surface area contributed by atoms with Crippen LogP contribution in [0.25, 0.3) is 0 Å². The van der Waals surface area contributed by atoms with E-state index in [0.29, 0.717) is 13.1 Å². The van der Waals surface area contributed by atoms with Crippen molar-refractivity contribution in [2.45, 2.75) is 24.0 Å². The third-order valence-electron chi connectivity index (χ3n) is 2.83. The van der Waals surface area contributed by atoms with Gasteiger partial charge < -0.3 is 9.72 Å². The Morgan fingerprint density at radius 3 is 2.69 bits per heavy atom. The van der Waals surface area contributed by atoms with E-state index in [-0.39, 0.29) is 11.1 Å². The van der Waals surface area contributed by atoms with Crippen LogP contribution in [0.4, 0.5) is 0 Å². The van der Waals surface area contributed by atoms with Gasteiger partial charge in [-0.1, -0.05) is 0 Å². The standard InChI is InChI=1S/C9H15N3O3S/c1-15-8-2-4-12(5-3-8)16(13,14)9-6-10-7-11-9/h6-8H,2-5H2,1H3,(H,10,11). The number of ether oxygens (including phenoxy) is 1. The molecule has 0 radical (unpaired) electrons. The van der Waals surface area contributed by atoms with Gasteiger partial charge in [0.1, 0.15) is 0 Å². The molecule has 6 nitrogen and oxygen atoms in total. The largest absolute Gasteiger partial charge is 0.381 e. The van der Waals surface area contributed by atoms with Gasteiger partial charge in [0.25, 0.3) is 10.0 Å². The number of H-pyrrole nitrogens is 1. The Labute approximate surface area is 94.7 Å². The van der Waals surface area contributed by atoms with Gasteiger partial charge in [0.15, 0.2) is 5.03 Å². The Kier molecular flexibility index (Phi) is 3.27. The molecule has 0 aliphatic carbocycles. The second kappa shape index (κ2) is 4.52. The van der Waals surface area contributed by atoms with E-state index in [4.69, 9.17) is 4.74 Å². The number of hydrogen-bond donors (Lipinski definition) is 1. The molecule has 0 unspecified atom stereocenters. The van der Waals surface area contributed by atoms with Crippen LogP contribution in [0.5, 0.6) is 0 Å². The lowest BCUT2D eigenvalue weighted by atomic mass is 10.1. The molecule has 1 aromatic heterocycles. The quantitative estimate of drug-likeness (QED) is 0.826. The van der Waals surface area contributed by atoms with Crippen molar-refractivity contribution in [3.8, 4) is 0 Å². The lowest BCUT2D eigenvalue weighted by Crippen LogP contribution is -2.40. The molecule has 1 aliphatic rings. The normalized spacial score (nSPS) is 20.1. The maximum atomic E-state index is 12.1. The van der Waals surface area contributed by atoms with Crippen LogP contribution in [0, 0.1) is 0 Å². The summed E-state index contributed by atoms with van der Waals surface area (Å²) in [5.74, 6) is 0. The average Bonchev–Trinajstić information content (AvgIpc) is 2.83. The Morgan fingerprint density at radius 1 is 1.50 bits per heavy atom. The number of piperidine rings is 1. The third-order valence-corrected chi connectivity index (χ3v) is 4.65. The van der Waals surface area contributed by atoms with Gasteiger partial charge in [0.2, 0.25) is 0 Å². The number of aromatic amines is 1. The molecule has 0 amide bonds. The molecule has 0 spiro atoms. The van der Waals surface area contributed by atoms with Crippen LogP contribution >= 0.6 is 0 Å². The number of sulfonamides is 1. The van der Waals surface area contributed by atoms with Crippen LogP contribution in [-0.2, 0) is 14.8 Å². The first-order valence-corrected chi connectivity index (χ1v) is 6.60. The van der Waals surface area contributed by atoms with Crippen molar-refractivity contribution in [2.75, 3.05) is 20.2 Å². The molecule has 1 saturated heterocycles. The minimum absolute atomic E-state index is 0.156. The van der Waals surface area contributed by atoms with E-state index in [2.05, 4.69) is 9.97 Å². The summed E-state index contributed by atoms with van der Waals surface area (Å²) in [7, 11) is -1.73. The first-order valence-electron chi connectivity index (χ1n) is 5.16.